The lowest BCUT2D eigenvalue weighted by Gasteiger charge is -2.27. The van der Waals surface area contributed by atoms with Gasteiger partial charge in [-0.2, -0.15) is 0 Å². The van der Waals surface area contributed by atoms with Crippen LogP contribution in [0.15, 0.2) is 22.8 Å². The molecule has 1 aliphatic heterocycles. The van der Waals surface area contributed by atoms with Crippen LogP contribution >= 0.6 is 15.9 Å². The number of nitrogens with zero attached hydrogens (tertiary/aromatic N) is 3. The molecule has 1 aliphatic rings. The van der Waals surface area contributed by atoms with Crippen LogP contribution in [0.2, 0.25) is 0 Å². The number of hydrogen-bond acceptors (Lipinski definition) is 5. The summed E-state index contributed by atoms with van der Waals surface area (Å²) in [6.07, 6.45) is 1.39. The highest BCUT2D eigenvalue weighted by Gasteiger charge is 2.29. The van der Waals surface area contributed by atoms with E-state index < -0.39 is 11.9 Å². The van der Waals surface area contributed by atoms with E-state index in [9.17, 15) is 9.18 Å². The summed E-state index contributed by atoms with van der Waals surface area (Å²) in [6.45, 7) is 6.32. The Kier molecular flexibility index (Phi) is 5.04. The number of carbonyl (C=O) groups is 1. The number of aromatic amines is 1. The monoisotopic (exact) mass is 461 g/mol. The largest absolute Gasteiger partial charge is 0.383 e. The van der Waals surface area contributed by atoms with Gasteiger partial charge in [0.15, 0.2) is 0 Å². The lowest BCUT2D eigenvalue weighted by molar-refractivity contribution is 0.0690. The molecule has 29 heavy (non-hydrogen) atoms. The fourth-order valence-electron chi connectivity index (χ4n) is 3.88. The zero-order valence-electron chi connectivity index (χ0n) is 16.3. The molecule has 0 saturated carbocycles. The molecule has 0 spiro atoms. The standard InChI is InChI=1S/C20H21BrFN5O2/c1-4-27(9(2)17-13(22)5-11(21)7-24-17)20(28)15-6-14-18(25-15)12-8-29-10(3)16(12)19(23)26-14/h5-7,9-10,25H,4,8H2,1-3H3,(H2,23,26)/t9-,10-/m1/s1. The first-order chi connectivity index (χ1) is 13.8. The molecule has 0 unspecified atom stereocenters. The van der Waals surface area contributed by atoms with Gasteiger partial charge in [-0.3, -0.25) is 9.78 Å². The van der Waals surface area contributed by atoms with E-state index in [0.29, 0.717) is 34.7 Å². The summed E-state index contributed by atoms with van der Waals surface area (Å²) in [5.41, 5.74) is 9.83. The van der Waals surface area contributed by atoms with Gasteiger partial charge in [0.1, 0.15) is 17.3 Å². The summed E-state index contributed by atoms with van der Waals surface area (Å²) in [5, 5.41) is 0. The van der Waals surface area contributed by atoms with Gasteiger partial charge in [0, 0.05) is 28.3 Å². The normalized spacial score (nSPS) is 16.8. The van der Waals surface area contributed by atoms with Crippen LogP contribution in [0.25, 0.3) is 11.0 Å². The maximum Gasteiger partial charge on any atom is 0.270 e. The summed E-state index contributed by atoms with van der Waals surface area (Å²) in [4.78, 5) is 26.6. The molecule has 152 valence electrons. The Morgan fingerprint density at radius 1 is 1.52 bits per heavy atom. The number of fused-ring (bicyclic) bond motifs is 3. The molecule has 0 saturated heterocycles. The molecule has 3 aromatic rings. The Bertz CT molecular complexity index is 1120. The number of amides is 1. The lowest BCUT2D eigenvalue weighted by atomic mass is 10.1. The Balaban J connectivity index is 1.72. The van der Waals surface area contributed by atoms with Crippen LogP contribution in [0.4, 0.5) is 10.2 Å². The van der Waals surface area contributed by atoms with E-state index in [1.165, 1.54) is 12.3 Å². The first-order valence-electron chi connectivity index (χ1n) is 9.36. The SMILES string of the molecule is CCN(C(=O)c1cc2nc(N)c3c(c2[nH]1)CO[C@@H]3C)[C@H](C)c1ncc(Br)cc1F. The van der Waals surface area contributed by atoms with E-state index in [1.54, 1.807) is 17.9 Å². The summed E-state index contributed by atoms with van der Waals surface area (Å²) in [6, 6.07) is 2.48. The number of carbonyl (C=O) groups excluding carboxylic acids is 1. The first kappa shape index (κ1) is 19.8. The third-order valence-corrected chi connectivity index (χ3v) is 5.79. The van der Waals surface area contributed by atoms with Crippen LogP contribution in [-0.2, 0) is 11.3 Å². The van der Waals surface area contributed by atoms with Crippen molar-refractivity contribution in [2.75, 3.05) is 12.3 Å². The van der Waals surface area contributed by atoms with Gasteiger partial charge in [0.25, 0.3) is 5.91 Å². The van der Waals surface area contributed by atoms with Crippen molar-refractivity contribution >= 4 is 38.7 Å². The number of rotatable bonds is 4. The zero-order chi connectivity index (χ0) is 20.9. The molecular formula is C20H21BrFN5O2. The first-order valence-corrected chi connectivity index (χ1v) is 10.2. The molecule has 1 amide bonds. The lowest BCUT2D eigenvalue weighted by Crippen LogP contribution is -2.34. The van der Waals surface area contributed by atoms with Crippen LogP contribution < -0.4 is 5.73 Å². The van der Waals surface area contributed by atoms with Gasteiger partial charge in [-0.1, -0.05) is 0 Å². The number of pyridine rings is 2. The number of nitrogens with one attached hydrogen (secondary N) is 1. The van der Waals surface area contributed by atoms with Gasteiger partial charge in [0.05, 0.1) is 35.5 Å². The number of aromatic nitrogens is 3. The minimum atomic E-state index is -0.542. The van der Waals surface area contributed by atoms with E-state index in [4.69, 9.17) is 10.5 Å². The molecule has 0 radical (unpaired) electrons. The van der Waals surface area contributed by atoms with E-state index in [0.717, 1.165) is 16.6 Å². The molecule has 0 aromatic carbocycles. The number of nitrogen functional groups attached to an aromatic ring is 1. The highest BCUT2D eigenvalue weighted by atomic mass is 79.9. The zero-order valence-corrected chi connectivity index (χ0v) is 17.9. The highest BCUT2D eigenvalue weighted by molar-refractivity contribution is 9.10. The minimum absolute atomic E-state index is 0.136. The number of H-pyrrole nitrogens is 1. The van der Waals surface area contributed by atoms with Crippen LogP contribution in [0.5, 0.6) is 0 Å². The third-order valence-electron chi connectivity index (χ3n) is 5.36. The topological polar surface area (TPSA) is 97.1 Å². The number of hydrogen-bond donors (Lipinski definition) is 2. The van der Waals surface area contributed by atoms with Crippen molar-refractivity contribution < 1.29 is 13.9 Å². The number of nitrogens with two attached hydrogens (primary N) is 1. The molecule has 3 aromatic heterocycles. The predicted molar refractivity (Wildman–Crippen MR) is 111 cm³/mol. The van der Waals surface area contributed by atoms with Crippen LogP contribution in [0, 0.1) is 5.82 Å². The number of halogens is 2. The maximum atomic E-state index is 14.4. The summed E-state index contributed by atoms with van der Waals surface area (Å²) in [7, 11) is 0. The van der Waals surface area contributed by atoms with E-state index in [2.05, 4.69) is 30.9 Å². The molecule has 4 rings (SSSR count). The molecule has 2 atom stereocenters. The maximum absolute atomic E-state index is 14.4. The molecule has 7 nitrogen and oxygen atoms in total. The van der Waals surface area contributed by atoms with E-state index in [1.807, 2.05) is 13.8 Å². The number of anilines is 1. The average molecular weight is 462 g/mol. The second-order valence-corrected chi connectivity index (χ2v) is 7.99. The molecule has 0 bridgehead atoms. The van der Waals surface area contributed by atoms with E-state index in [-0.39, 0.29) is 17.7 Å². The van der Waals surface area contributed by atoms with Crippen LogP contribution in [-0.4, -0.2) is 32.3 Å². The van der Waals surface area contributed by atoms with Crippen molar-refractivity contribution in [2.45, 2.75) is 39.5 Å². The van der Waals surface area contributed by atoms with E-state index >= 15 is 0 Å². The van der Waals surface area contributed by atoms with Crippen molar-refractivity contribution in [2.24, 2.45) is 0 Å². The predicted octanol–water partition coefficient (Wildman–Crippen LogP) is 4.26. The van der Waals surface area contributed by atoms with Crippen molar-refractivity contribution in [3.8, 4) is 0 Å². The van der Waals surface area contributed by atoms with Crippen molar-refractivity contribution in [3.63, 3.8) is 0 Å². The van der Waals surface area contributed by atoms with Crippen molar-refractivity contribution in [1.29, 1.82) is 0 Å². The summed E-state index contributed by atoms with van der Waals surface area (Å²) < 4.78 is 20.6. The molecule has 3 N–H and O–H groups in total. The smallest absolute Gasteiger partial charge is 0.270 e. The summed E-state index contributed by atoms with van der Waals surface area (Å²) >= 11 is 3.20. The summed E-state index contributed by atoms with van der Waals surface area (Å²) in [5.74, 6) is -0.313. The number of ether oxygens (including phenoxy) is 1. The Labute approximate surface area is 175 Å². The van der Waals surface area contributed by atoms with Crippen molar-refractivity contribution in [3.05, 3.63) is 51.1 Å². The van der Waals surface area contributed by atoms with Gasteiger partial charge in [0.2, 0.25) is 0 Å². The van der Waals surface area contributed by atoms with Crippen LogP contribution in [0.3, 0.4) is 0 Å². The molecule has 0 fully saturated rings. The Hall–Kier alpha value is -2.52. The fraction of sp³-hybridized carbons (Fsp3) is 0.350. The van der Waals surface area contributed by atoms with Crippen molar-refractivity contribution in [1.82, 2.24) is 19.9 Å². The van der Waals surface area contributed by atoms with Gasteiger partial charge < -0.3 is 20.4 Å². The van der Waals surface area contributed by atoms with Gasteiger partial charge >= 0.3 is 0 Å². The van der Waals surface area contributed by atoms with Gasteiger partial charge in [-0.15, -0.1) is 0 Å². The molecular weight excluding hydrogens is 441 g/mol. The molecule has 9 heteroatoms. The minimum Gasteiger partial charge on any atom is -0.383 e. The van der Waals surface area contributed by atoms with Crippen LogP contribution in [0.1, 0.15) is 60.2 Å². The average Bonchev–Trinajstić information content (AvgIpc) is 3.26. The molecule has 4 heterocycles. The highest BCUT2D eigenvalue weighted by Crippen LogP contribution is 2.38. The quantitative estimate of drug-likeness (QED) is 0.604. The fourth-order valence-corrected chi connectivity index (χ4v) is 4.18. The second-order valence-electron chi connectivity index (χ2n) is 7.07. The van der Waals surface area contributed by atoms with Gasteiger partial charge in [-0.25, -0.2) is 9.37 Å². The Morgan fingerprint density at radius 3 is 2.97 bits per heavy atom. The second kappa shape index (κ2) is 7.38. The van der Waals surface area contributed by atoms with Gasteiger partial charge in [-0.05, 0) is 48.8 Å². The third kappa shape index (κ3) is 3.28. The Morgan fingerprint density at radius 2 is 2.28 bits per heavy atom. The molecule has 0 aliphatic carbocycles.